The molecule has 1 aliphatic heterocycles. The van der Waals surface area contributed by atoms with E-state index in [4.69, 9.17) is 0 Å². The number of nitrogens with zero attached hydrogens (tertiary/aromatic N) is 2. The molecule has 2 heterocycles. The molecule has 0 amide bonds. The minimum atomic E-state index is -3.62. The van der Waals surface area contributed by atoms with E-state index in [0.717, 1.165) is 35.6 Å². The Morgan fingerprint density at radius 1 is 1.35 bits per heavy atom. The van der Waals surface area contributed by atoms with Crippen molar-refractivity contribution in [3.05, 3.63) is 28.8 Å². The second-order valence-corrected chi connectivity index (χ2v) is 7.45. The molecule has 1 aromatic heterocycles. The van der Waals surface area contributed by atoms with Crippen LogP contribution in [0, 0.1) is 6.92 Å². The van der Waals surface area contributed by atoms with E-state index in [1.165, 1.54) is 11.3 Å². The lowest BCUT2D eigenvalue weighted by Gasteiger charge is -2.18. The second kappa shape index (κ2) is 5.02. The van der Waals surface area contributed by atoms with Gasteiger partial charge in [0, 0.05) is 12.2 Å². The van der Waals surface area contributed by atoms with Crippen molar-refractivity contribution in [2.45, 2.75) is 24.7 Å². The van der Waals surface area contributed by atoms with Gasteiger partial charge in [-0.15, -0.1) is 10.2 Å². The molecule has 0 saturated heterocycles. The number of fused-ring (bicyclic) bond motifs is 1. The number of sulfonamides is 1. The van der Waals surface area contributed by atoms with Crippen LogP contribution in [0.3, 0.4) is 0 Å². The average molecular weight is 310 g/mol. The molecule has 8 heteroatoms. The molecule has 0 atom stereocenters. The van der Waals surface area contributed by atoms with Crippen molar-refractivity contribution in [2.75, 3.05) is 16.6 Å². The Labute approximate surface area is 121 Å². The Kier molecular flexibility index (Phi) is 3.35. The van der Waals surface area contributed by atoms with Crippen LogP contribution in [-0.4, -0.2) is 25.2 Å². The molecule has 0 aliphatic carbocycles. The molecule has 6 nitrogen and oxygen atoms in total. The molecule has 0 bridgehead atoms. The maximum atomic E-state index is 12.3. The molecule has 1 aliphatic rings. The zero-order valence-corrected chi connectivity index (χ0v) is 12.5. The van der Waals surface area contributed by atoms with E-state index < -0.39 is 10.0 Å². The maximum Gasteiger partial charge on any atom is 0.263 e. The van der Waals surface area contributed by atoms with Gasteiger partial charge in [-0.2, -0.15) is 0 Å². The Balaban J connectivity index is 1.91. The van der Waals surface area contributed by atoms with Crippen LogP contribution in [0.4, 0.5) is 10.8 Å². The Morgan fingerprint density at radius 3 is 2.95 bits per heavy atom. The van der Waals surface area contributed by atoms with E-state index in [1.807, 2.05) is 6.07 Å². The van der Waals surface area contributed by atoms with Gasteiger partial charge in [-0.3, -0.25) is 4.72 Å². The van der Waals surface area contributed by atoms with Crippen molar-refractivity contribution < 1.29 is 8.42 Å². The van der Waals surface area contributed by atoms with Crippen molar-refractivity contribution in [2.24, 2.45) is 0 Å². The Bertz CT molecular complexity index is 740. The largest absolute Gasteiger partial charge is 0.385 e. The Hall–Kier alpha value is -1.67. The summed E-state index contributed by atoms with van der Waals surface area (Å²) in [4.78, 5) is 0.235. The van der Waals surface area contributed by atoms with Crippen LogP contribution in [0.25, 0.3) is 0 Å². The third-order valence-electron chi connectivity index (χ3n) is 3.08. The lowest BCUT2D eigenvalue weighted by atomic mass is 10.0. The highest BCUT2D eigenvalue weighted by Crippen LogP contribution is 2.26. The number of aryl methyl sites for hydroxylation is 2. The number of nitrogens with one attached hydrogen (secondary N) is 2. The first-order valence-corrected chi connectivity index (χ1v) is 8.54. The first-order chi connectivity index (χ1) is 9.54. The predicted octanol–water partition coefficient (Wildman–Crippen LogP) is 2.01. The zero-order valence-electron chi connectivity index (χ0n) is 10.9. The fraction of sp³-hybridized carbons (Fsp3) is 0.333. The normalized spacial score (nSPS) is 14.4. The van der Waals surface area contributed by atoms with Crippen LogP contribution in [0.1, 0.15) is 17.0 Å². The standard InChI is InChI=1S/C12H14N4O2S2/c1-8-14-15-12(19-8)16-20(17,18)10-5-4-9-3-2-6-13-11(9)7-10/h4-5,7,13H,2-3,6H2,1H3,(H,15,16). The molecular weight excluding hydrogens is 296 g/mol. The van der Waals surface area contributed by atoms with Gasteiger partial charge in [0.15, 0.2) is 0 Å². The molecule has 20 heavy (non-hydrogen) atoms. The van der Waals surface area contributed by atoms with Gasteiger partial charge in [0.05, 0.1) is 4.90 Å². The molecule has 1 aromatic carbocycles. The summed E-state index contributed by atoms with van der Waals surface area (Å²) in [6.07, 6.45) is 2.05. The molecular formula is C12H14N4O2S2. The van der Waals surface area contributed by atoms with E-state index in [-0.39, 0.29) is 10.0 Å². The molecule has 0 spiro atoms. The highest BCUT2D eigenvalue weighted by molar-refractivity contribution is 7.93. The van der Waals surface area contributed by atoms with Crippen LogP contribution >= 0.6 is 11.3 Å². The van der Waals surface area contributed by atoms with Gasteiger partial charge in [0.2, 0.25) is 5.13 Å². The number of hydrogen-bond donors (Lipinski definition) is 2. The molecule has 106 valence electrons. The van der Waals surface area contributed by atoms with E-state index in [1.54, 1.807) is 19.1 Å². The molecule has 0 saturated carbocycles. The molecule has 2 aromatic rings. The summed E-state index contributed by atoms with van der Waals surface area (Å²) in [5.41, 5.74) is 2.05. The summed E-state index contributed by atoms with van der Waals surface area (Å²) in [5, 5.41) is 11.8. The van der Waals surface area contributed by atoms with E-state index in [0.29, 0.717) is 0 Å². The van der Waals surface area contributed by atoms with Crippen molar-refractivity contribution in [3.63, 3.8) is 0 Å². The van der Waals surface area contributed by atoms with Gasteiger partial charge in [-0.05, 0) is 37.5 Å². The Morgan fingerprint density at radius 2 is 2.20 bits per heavy atom. The number of rotatable bonds is 3. The van der Waals surface area contributed by atoms with Crippen LogP contribution in [0.15, 0.2) is 23.1 Å². The number of anilines is 2. The fourth-order valence-electron chi connectivity index (χ4n) is 2.12. The molecule has 0 unspecified atom stereocenters. The van der Waals surface area contributed by atoms with Gasteiger partial charge in [-0.1, -0.05) is 17.4 Å². The minimum Gasteiger partial charge on any atom is -0.385 e. The van der Waals surface area contributed by atoms with Gasteiger partial charge in [0.25, 0.3) is 10.0 Å². The van der Waals surface area contributed by atoms with Crippen LogP contribution in [0.2, 0.25) is 0 Å². The first kappa shape index (κ1) is 13.3. The van der Waals surface area contributed by atoms with Gasteiger partial charge >= 0.3 is 0 Å². The second-order valence-electron chi connectivity index (χ2n) is 4.58. The van der Waals surface area contributed by atoms with Crippen LogP contribution in [-0.2, 0) is 16.4 Å². The molecule has 0 fully saturated rings. The van der Waals surface area contributed by atoms with E-state index in [2.05, 4.69) is 20.2 Å². The highest BCUT2D eigenvalue weighted by atomic mass is 32.2. The van der Waals surface area contributed by atoms with Crippen LogP contribution in [0.5, 0.6) is 0 Å². The number of benzene rings is 1. The quantitative estimate of drug-likeness (QED) is 0.906. The molecule has 0 radical (unpaired) electrons. The molecule has 3 rings (SSSR count). The fourth-order valence-corrected chi connectivity index (χ4v) is 3.97. The summed E-state index contributed by atoms with van der Waals surface area (Å²) in [6.45, 7) is 2.65. The van der Waals surface area contributed by atoms with Crippen molar-refractivity contribution in [1.29, 1.82) is 0 Å². The van der Waals surface area contributed by atoms with E-state index >= 15 is 0 Å². The lowest BCUT2D eigenvalue weighted by molar-refractivity contribution is 0.601. The highest BCUT2D eigenvalue weighted by Gasteiger charge is 2.19. The average Bonchev–Trinajstić information content (AvgIpc) is 2.83. The summed E-state index contributed by atoms with van der Waals surface area (Å²) in [6, 6.07) is 5.16. The number of hydrogen-bond acceptors (Lipinski definition) is 6. The first-order valence-electron chi connectivity index (χ1n) is 6.24. The summed E-state index contributed by atoms with van der Waals surface area (Å²) in [7, 11) is -3.62. The smallest absolute Gasteiger partial charge is 0.263 e. The zero-order chi connectivity index (χ0) is 14.2. The maximum absolute atomic E-state index is 12.3. The van der Waals surface area contributed by atoms with Crippen LogP contribution < -0.4 is 10.0 Å². The molecule has 2 N–H and O–H groups in total. The van der Waals surface area contributed by atoms with E-state index in [9.17, 15) is 8.42 Å². The third kappa shape index (κ3) is 2.61. The van der Waals surface area contributed by atoms with Gasteiger partial charge in [-0.25, -0.2) is 8.42 Å². The van der Waals surface area contributed by atoms with Crippen molar-refractivity contribution >= 4 is 32.2 Å². The summed E-state index contributed by atoms with van der Waals surface area (Å²) in [5.74, 6) is 0. The monoisotopic (exact) mass is 310 g/mol. The van der Waals surface area contributed by atoms with Crippen molar-refractivity contribution in [3.8, 4) is 0 Å². The third-order valence-corrected chi connectivity index (χ3v) is 5.30. The number of aromatic nitrogens is 2. The topological polar surface area (TPSA) is 84.0 Å². The predicted molar refractivity (Wildman–Crippen MR) is 78.7 cm³/mol. The minimum absolute atomic E-state index is 0.235. The SMILES string of the molecule is Cc1nnc(NS(=O)(=O)c2ccc3c(c2)NCCC3)s1. The summed E-state index contributed by atoms with van der Waals surface area (Å²) >= 11 is 1.21. The summed E-state index contributed by atoms with van der Waals surface area (Å²) < 4.78 is 27.0. The van der Waals surface area contributed by atoms with Gasteiger partial charge in [0.1, 0.15) is 5.01 Å². The van der Waals surface area contributed by atoms with Gasteiger partial charge < -0.3 is 5.32 Å². The lowest BCUT2D eigenvalue weighted by Crippen LogP contribution is -2.16. The van der Waals surface area contributed by atoms with Crippen molar-refractivity contribution in [1.82, 2.24) is 10.2 Å².